The quantitative estimate of drug-likeness (QED) is 0.344. The Morgan fingerprint density at radius 2 is 1.26 bits per heavy atom. The highest BCUT2D eigenvalue weighted by atomic mass is 14.8. The third kappa shape index (κ3) is 2.67. The van der Waals surface area contributed by atoms with Crippen molar-refractivity contribution < 1.29 is 0 Å². The van der Waals surface area contributed by atoms with Crippen molar-refractivity contribution in [2.24, 2.45) is 0 Å². The zero-order valence-corrected chi connectivity index (χ0v) is 15.1. The summed E-state index contributed by atoms with van der Waals surface area (Å²) in [6, 6.07) is 31.4. The van der Waals surface area contributed by atoms with Gasteiger partial charge in [0.05, 0.1) is 22.4 Å². The fraction of sp³-hybridized carbons (Fsp3) is 0.0400. The van der Waals surface area contributed by atoms with E-state index >= 15 is 0 Å². The minimum Gasteiger partial charge on any atom is -0.249 e. The van der Waals surface area contributed by atoms with Crippen molar-refractivity contribution >= 4 is 21.8 Å². The van der Waals surface area contributed by atoms with Gasteiger partial charge in [0.1, 0.15) is 0 Å². The van der Waals surface area contributed by atoms with Crippen LogP contribution in [0, 0.1) is 6.92 Å². The van der Waals surface area contributed by atoms with Gasteiger partial charge < -0.3 is 0 Å². The summed E-state index contributed by atoms with van der Waals surface area (Å²) in [4.78, 5) is 10.0. The molecule has 0 aliphatic rings. The van der Waals surface area contributed by atoms with Crippen molar-refractivity contribution in [2.45, 2.75) is 6.92 Å². The SMILES string of the molecule is Cc1nc2c(-c3ccccc3)c3ccccc3cc2nc1-c1ccccc1. The molecule has 0 atom stereocenters. The van der Waals surface area contributed by atoms with Crippen LogP contribution in [0.15, 0.2) is 91.0 Å². The molecule has 0 aliphatic heterocycles. The number of aromatic nitrogens is 2. The summed E-state index contributed by atoms with van der Waals surface area (Å²) in [6.45, 7) is 2.04. The first-order valence-electron chi connectivity index (χ1n) is 9.12. The van der Waals surface area contributed by atoms with Crippen molar-refractivity contribution in [3.05, 3.63) is 96.7 Å². The molecule has 1 heterocycles. The van der Waals surface area contributed by atoms with Gasteiger partial charge in [-0.05, 0) is 29.3 Å². The van der Waals surface area contributed by atoms with Crippen LogP contribution >= 0.6 is 0 Å². The van der Waals surface area contributed by atoms with E-state index in [1.54, 1.807) is 0 Å². The fourth-order valence-electron chi connectivity index (χ4n) is 3.71. The molecule has 0 saturated carbocycles. The molecule has 4 aromatic carbocycles. The van der Waals surface area contributed by atoms with Gasteiger partial charge >= 0.3 is 0 Å². The van der Waals surface area contributed by atoms with Crippen LogP contribution in [-0.2, 0) is 0 Å². The van der Waals surface area contributed by atoms with Crippen LogP contribution < -0.4 is 0 Å². The molecule has 0 N–H and O–H groups in total. The Labute approximate surface area is 158 Å². The molecule has 0 aliphatic carbocycles. The number of rotatable bonds is 2. The summed E-state index contributed by atoms with van der Waals surface area (Å²) < 4.78 is 0. The molecule has 5 rings (SSSR count). The zero-order valence-electron chi connectivity index (χ0n) is 15.1. The van der Waals surface area contributed by atoms with Gasteiger partial charge in [0.2, 0.25) is 0 Å². The normalized spacial score (nSPS) is 11.1. The zero-order chi connectivity index (χ0) is 18.2. The summed E-state index contributed by atoms with van der Waals surface area (Å²) >= 11 is 0. The van der Waals surface area contributed by atoms with Crippen LogP contribution in [0.2, 0.25) is 0 Å². The second-order valence-corrected chi connectivity index (χ2v) is 6.73. The Morgan fingerprint density at radius 3 is 2.00 bits per heavy atom. The average molecular weight is 346 g/mol. The standard InChI is InChI=1S/C25H18N2/c1-17-24(19-12-6-3-7-13-19)27-22-16-20-14-8-9-15-21(20)23(25(22)26-17)18-10-4-2-5-11-18/h2-16H,1H3. The molecule has 2 nitrogen and oxygen atoms in total. The predicted molar refractivity (Wildman–Crippen MR) is 113 cm³/mol. The summed E-state index contributed by atoms with van der Waals surface area (Å²) in [6.07, 6.45) is 0. The second-order valence-electron chi connectivity index (χ2n) is 6.73. The first-order chi connectivity index (χ1) is 13.3. The Hall–Kier alpha value is -3.52. The minimum atomic E-state index is 0.928. The summed E-state index contributed by atoms with van der Waals surface area (Å²) in [5, 5.41) is 2.39. The van der Waals surface area contributed by atoms with E-state index in [4.69, 9.17) is 9.97 Å². The van der Waals surface area contributed by atoms with E-state index in [0.29, 0.717) is 0 Å². The number of hydrogen-bond acceptors (Lipinski definition) is 2. The Bertz CT molecular complexity index is 1260. The van der Waals surface area contributed by atoms with E-state index in [2.05, 4.69) is 66.7 Å². The number of aryl methyl sites for hydroxylation is 1. The van der Waals surface area contributed by atoms with Crippen LogP contribution in [0.3, 0.4) is 0 Å². The molecule has 0 saturated heterocycles. The van der Waals surface area contributed by atoms with Crippen LogP contribution in [-0.4, -0.2) is 9.97 Å². The smallest absolute Gasteiger partial charge is 0.0975 e. The van der Waals surface area contributed by atoms with Crippen molar-refractivity contribution in [3.63, 3.8) is 0 Å². The van der Waals surface area contributed by atoms with E-state index in [1.165, 1.54) is 16.3 Å². The van der Waals surface area contributed by atoms with Crippen molar-refractivity contribution in [2.75, 3.05) is 0 Å². The maximum atomic E-state index is 5.02. The monoisotopic (exact) mass is 346 g/mol. The first kappa shape index (κ1) is 15.7. The van der Waals surface area contributed by atoms with Crippen LogP contribution in [0.4, 0.5) is 0 Å². The van der Waals surface area contributed by atoms with Crippen LogP contribution in [0.25, 0.3) is 44.2 Å². The minimum absolute atomic E-state index is 0.928. The lowest BCUT2D eigenvalue weighted by Gasteiger charge is -2.13. The predicted octanol–water partition coefficient (Wildman–Crippen LogP) is 6.43. The Kier molecular flexibility index (Phi) is 3.68. The summed E-state index contributed by atoms with van der Waals surface area (Å²) in [7, 11) is 0. The molecule has 27 heavy (non-hydrogen) atoms. The molecule has 0 bridgehead atoms. The summed E-state index contributed by atoms with van der Waals surface area (Å²) in [5.41, 5.74) is 7.19. The average Bonchev–Trinajstić information content (AvgIpc) is 2.73. The Balaban J connectivity index is 1.90. The highest BCUT2D eigenvalue weighted by Crippen LogP contribution is 2.36. The van der Waals surface area contributed by atoms with E-state index in [-0.39, 0.29) is 0 Å². The third-order valence-corrected chi connectivity index (χ3v) is 4.97. The van der Waals surface area contributed by atoms with Gasteiger partial charge in [-0.1, -0.05) is 84.9 Å². The van der Waals surface area contributed by atoms with Crippen molar-refractivity contribution in [1.82, 2.24) is 9.97 Å². The molecule has 0 radical (unpaired) electrons. The lowest BCUT2D eigenvalue weighted by Crippen LogP contribution is -1.97. The maximum Gasteiger partial charge on any atom is 0.0975 e. The van der Waals surface area contributed by atoms with E-state index < -0.39 is 0 Å². The first-order valence-corrected chi connectivity index (χ1v) is 9.12. The van der Waals surface area contributed by atoms with E-state index in [9.17, 15) is 0 Å². The maximum absolute atomic E-state index is 5.02. The van der Waals surface area contributed by atoms with Crippen LogP contribution in [0.5, 0.6) is 0 Å². The van der Waals surface area contributed by atoms with Gasteiger partial charge in [0, 0.05) is 11.1 Å². The molecule has 2 heteroatoms. The molecular formula is C25H18N2. The molecule has 0 fully saturated rings. The molecule has 128 valence electrons. The molecule has 1 aromatic heterocycles. The number of nitrogens with zero attached hydrogens (tertiary/aromatic N) is 2. The molecule has 5 aromatic rings. The highest BCUT2D eigenvalue weighted by molar-refractivity contribution is 6.10. The summed E-state index contributed by atoms with van der Waals surface area (Å²) in [5.74, 6) is 0. The number of hydrogen-bond donors (Lipinski definition) is 0. The lowest BCUT2D eigenvalue weighted by molar-refractivity contribution is 1.19. The molecule has 0 amide bonds. The van der Waals surface area contributed by atoms with Gasteiger partial charge in [-0.3, -0.25) is 0 Å². The van der Waals surface area contributed by atoms with Gasteiger partial charge in [0.25, 0.3) is 0 Å². The van der Waals surface area contributed by atoms with Crippen LogP contribution in [0.1, 0.15) is 5.69 Å². The topological polar surface area (TPSA) is 25.8 Å². The molecule has 0 spiro atoms. The number of benzene rings is 4. The van der Waals surface area contributed by atoms with Gasteiger partial charge in [-0.2, -0.15) is 0 Å². The molecule has 0 unspecified atom stereocenters. The second kappa shape index (κ2) is 6.33. The lowest BCUT2D eigenvalue weighted by atomic mass is 9.96. The van der Waals surface area contributed by atoms with Gasteiger partial charge in [0.15, 0.2) is 0 Å². The number of fused-ring (bicyclic) bond motifs is 2. The van der Waals surface area contributed by atoms with Gasteiger partial charge in [-0.15, -0.1) is 0 Å². The molecular weight excluding hydrogens is 328 g/mol. The highest BCUT2D eigenvalue weighted by Gasteiger charge is 2.14. The third-order valence-electron chi connectivity index (χ3n) is 4.97. The van der Waals surface area contributed by atoms with E-state index in [0.717, 1.165) is 33.5 Å². The van der Waals surface area contributed by atoms with E-state index in [1.807, 2.05) is 31.2 Å². The Morgan fingerprint density at radius 1 is 0.630 bits per heavy atom. The van der Waals surface area contributed by atoms with Crippen molar-refractivity contribution in [1.29, 1.82) is 0 Å². The van der Waals surface area contributed by atoms with Crippen molar-refractivity contribution in [3.8, 4) is 22.4 Å². The largest absolute Gasteiger partial charge is 0.249 e. The fourth-order valence-corrected chi connectivity index (χ4v) is 3.71. The van der Waals surface area contributed by atoms with Gasteiger partial charge in [-0.25, -0.2) is 9.97 Å².